The highest BCUT2D eigenvalue weighted by molar-refractivity contribution is 5.60. The molecule has 0 aromatic heterocycles. The smallest absolute Gasteiger partial charge is 0.182 e. The monoisotopic (exact) mass is 185 g/mol. The molecule has 0 bridgehead atoms. The van der Waals surface area contributed by atoms with Crippen LogP contribution in [0.2, 0.25) is 0 Å². The Morgan fingerprint density at radius 1 is 1.38 bits per heavy atom. The molecule has 0 radical (unpaired) electrons. The zero-order valence-corrected chi connectivity index (χ0v) is 8.19. The number of ether oxygens (including phenoxy) is 2. The molecule has 0 aliphatic carbocycles. The van der Waals surface area contributed by atoms with Crippen LogP contribution in [0.1, 0.15) is 13.8 Å². The van der Waals surface area contributed by atoms with Crippen molar-refractivity contribution in [1.29, 1.82) is 0 Å². The van der Waals surface area contributed by atoms with Crippen LogP contribution >= 0.6 is 0 Å². The molecule has 1 heterocycles. The zero-order valence-electron chi connectivity index (χ0n) is 8.19. The first-order valence-corrected chi connectivity index (χ1v) is 4.18. The average molecular weight is 185 g/mol. The fraction of sp³-hybridized carbons (Fsp3) is 0.667. The molecule has 0 saturated carbocycles. The van der Waals surface area contributed by atoms with E-state index in [0.717, 1.165) is 0 Å². The highest BCUT2D eigenvalue weighted by Crippen LogP contribution is 2.27. The summed E-state index contributed by atoms with van der Waals surface area (Å²) in [5.74, 6) is -0.643. The van der Waals surface area contributed by atoms with Crippen molar-refractivity contribution >= 4 is 6.21 Å². The SMILES string of the molecule is C=C[C@@H]1OC(C)(C)O[C@@H]1/C=[N+](\C)[O-]. The number of rotatable bonds is 2. The Hall–Kier alpha value is -0.870. The van der Waals surface area contributed by atoms with Crippen molar-refractivity contribution in [2.24, 2.45) is 0 Å². The summed E-state index contributed by atoms with van der Waals surface area (Å²) in [6.07, 6.45) is 2.49. The first-order chi connectivity index (χ1) is 5.94. The predicted octanol–water partition coefficient (Wildman–Crippen LogP) is 0.903. The van der Waals surface area contributed by atoms with Crippen LogP contribution < -0.4 is 0 Å². The first-order valence-electron chi connectivity index (χ1n) is 4.18. The van der Waals surface area contributed by atoms with Crippen LogP contribution in [0.25, 0.3) is 0 Å². The van der Waals surface area contributed by atoms with Crippen LogP contribution in [-0.2, 0) is 9.47 Å². The molecule has 0 amide bonds. The molecule has 0 spiro atoms. The van der Waals surface area contributed by atoms with Crippen LogP contribution in [0, 0.1) is 5.21 Å². The quantitative estimate of drug-likeness (QED) is 0.211. The molecule has 1 aliphatic rings. The van der Waals surface area contributed by atoms with E-state index in [2.05, 4.69) is 6.58 Å². The van der Waals surface area contributed by atoms with E-state index in [-0.39, 0.29) is 12.2 Å². The normalized spacial score (nSPS) is 33.3. The maximum Gasteiger partial charge on any atom is 0.182 e. The van der Waals surface area contributed by atoms with Gasteiger partial charge in [-0.3, -0.25) is 0 Å². The van der Waals surface area contributed by atoms with Crippen LogP contribution in [-0.4, -0.2) is 36.0 Å². The summed E-state index contributed by atoms with van der Waals surface area (Å²) in [6.45, 7) is 7.24. The largest absolute Gasteiger partial charge is 0.624 e. The third-order valence-corrected chi connectivity index (χ3v) is 1.75. The van der Waals surface area contributed by atoms with Gasteiger partial charge < -0.3 is 14.7 Å². The Labute approximate surface area is 78.0 Å². The molecule has 2 atom stereocenters. The minimum absolute atomic E-state index is 0.244. The number of hydroxylamine groups is 1. The van der Waals surface area contributed by atoms with E-state index >= 15 is 0 Å². The summed E-state index contributed by atoms with van der Waals surface area (Å²) in [7, 11) is 1.41. The second kappa shape index (κ2) is 3.47. The number of nitrogens with zero attached hydrogens (tertiary/aromatic N) is 1. The topological polar surface area (TPSA) is 44.5 Å². The van der Waals surface area contributed by atoms with Crippen LogP contribution in [0.15, 0.2) is 12.7 Å². The Kier molecular flexibility index (Phi) is 2.73. The van der Waals surface area contributed by atoms with E-state index in [0.29, 0.717) is 4.74 Å². The molecule has 0 aromatic carbocycles. The molecule has 0 N–H and O–H groups in total. The van der Waals surface area contributed by atoms with E-state index in [1.165, 1.54) is 13.3 Å². The zero-order chi connectivity index (χ0) is 10.1. The van der Waals surface area contributed by atoms with Gasteiger partial charge >= 0.3 is 0 Å². The third kappa shape index (κ3) is 2.54. The van der Waals surface area contributed by atoms with Crippen molar-refractivity contribution in [3.63, 3.8) is 0 Å². The molecule has 74 valence electrons. The number of hydrogen-bond donors (Lipinski definition) is 0. The van der Waals surface area contributed by atoms with Gasteiger partial charge in [0, 0.05) is 0 Å². The standard InChI is InChI=1S/C9H15NO3/c1-5-7-8(6-10(4)11)13-9(2,3)12-7/h5-8H,1H2,2-4H3/b10-6+/t7-,8+/m0/s1. The summed E-state index contributed by atoms with van der Waals surface area (Å²) >= 11 is 0. The van der Waals surface area contributed by atoms with E-state index in [9.17, 15) is 5.21 Å². The fourth-order valence-corrected chi connectivity index (χ4v) is 1.32. The van der Waals surface area contributed by atoms with Gasteiger partial charge in [-0.15, -0.1) is 6.58 Å². The summed E-state index contributed by atoms with van der Waals surface area (Å²) in [6, 6.07) is 0. The van der Waals surface area contributed by atoms with Crippen molar-refractivity contribution in [1.82, 2.24) is 0 Å². The summed E-state index contributed by atoms with van der Waals surface area (Å²) in [4.78, 5) is 0. The molecule has 0 unspecified atom stereocenters. The average Bonchev–Trinajstić information content (AvgIpc) is 2.24. The Morgan fingerprint density at radius 3 is 2.38 bits per heavy atom. The second-order valence-corrected chi connectivity index (χ2v) is 3.50. The maximum atomic E-state index is 10.8. The highest BCUT2D eigenvalue weighted by Gasteiger charge is 2.40. The molecule has 1 aliphatic heterocycles. The fourth-order valence-electron chi connectivity index (χ4n) is 1.32. The minimum atomic E-state index is -0.643. The molecule has 0 aromatic rings. The van der Waals surface area contributed by atoms with Gasteiger partial charge in [0.15, 0.2) is 18.1 Å². The van der Waals surface area contributed by atoms with Crippen molar-refractivity contribution in [3.8, 4) is 0 Å². The molecular weight excluding hydrogens is 170 g/mol. The van der Waals surface area contributed by atoms with Gasteiger partial charge in [0.2, 0.25) is 0 Å². The molecule has 1 rings (SSSR count). The lowest BCUT2D eigenvalue weighted by Gasteiger charge is -2.15. The van der Waals surface area contributed by atoms with Crippen LogP contribution in [0.3, 0.4) is 0 Å². The molecule has 1 fully saturated rings. The van der Waals surface area contributed by atoms with E-state index in [1.54, 1.807) is 6.08 Å². The van der Waals surface area contributed by atoms with Crippen molar-refractivity contribution < 1.29 is 14.2 Å². The summed E-state index contributed by atoms with van der Waals surface area (Å²) in [5, 5.41) is 10.8. The maximum absolute atomic E-state index is 10.8. The highest BCUT2D eigenvalue weighted by atomic mass is 16.7. The molecule has 4 heteroatoms. The lowest BCUT2D eigenvalue weighted by molar-refractivity contribution is -0.420. The lowest BCUT2D eigenvalue weighted by Crippen LogP contribution is -2.25. The van der Waals surface area contributed by atoms with Gasteiger partial charge in [-0.05, 0) is 13.8 Å². The van der Waals surface area contributed by atoms with E-state index in [4.69, 9.17) is 9.47 Å². The minimum Gasteiger partial charge on any atom is -0.624 e. The van der Waals surface area contributed by atoms with Gasteiger partial charge in [0.1, 0.15) is 13.2 Å². The predicted molar refractivity (Wildman–Crippen MR) is 49.6 cm³/mol. The Balaban J connectivity index is 2.75. The molecule has 1 saturated heterocycles. The van der Waals surface area contributed by atoms with Crippen molar-refractivity contribution in [2.75, 3.05) is 7.05 Å². The van der Waals surface area contributed by atoms with Gasteiger partial charge in [-0.25, -0.2) is 4.74 Å². The Bertz CT molecular complexity index is 231. The van der Waals surface area contributed by atoms with Crippen molar-refractivity contribution in [2.45, 2.75) is 31.8 Å². The third-order valence-electron chi connectivity index (χ3n) is 1.75. The number of hydrogen-bond acceptors (Lipinski definition) is 3. The van der Waals surface area contributed by atoms with Crippen LogP contribution in [0.4, 0.5) is 0 Å². The van der Waals surface area contributed by atoms with Gasteiger partial charge in [-0.2, -0.15) is 0 Å². The van der Waals surface area contributed by atoms with E-state index in [1.807, 2.05) is 13.8 Å². The van der Waals surface area contributed by atoms with Gasteiger partial charge in [0.05, 0.1) is 0 Å². The van der Waals surface area contributed by atoms with Crippen LogP contribution in [0.5, 0.6) is 0 Å². The lowest BCUT2D eigenvalue weighted by atomic mass is 10.2. The summed E-state index contributed by atoms with van der Waals surface area (Å²) in [5.41, 5.74) is 0. The first kappa shape index (κ1) is 10.2. The van der Waals surface area contributed by atoms with Gasteiger partial charge in [0.25, 0.3) is 0 Å². The van der Waals surface area contributed by atoms with E-state index < -0.39 is 5.79 Å². The molecular formula is C9H15NO3. The van der Waals surface area contributed by atoms with Crippen molar-refractivity contribution in [3.05, 3.63) is 17.9 Å². The molecule has 13 heavy (non-hydrogen) atoms. The summed E-state index contributed by atoms with van der Waals surface area (Å²) < 4.78 is 11.7. The molecule has 4 nitrogen and oxygen atoms in total. The second-order valence-electron chi connectivity index (χ2n) is 3.50. The van der Waals surface area contributed by atoms with Gasteiger partial charge in [-0.1, -0.05) is 6.08 Å². The Morgan fingerprint density at radius 2 is 1.92 bits per heavy atom.